The number of ether oxygens (including phenoxy) is 3. The number of unbranched alkanes of at least 4 members (excludes halogenated alkanes) is 26. The van der Waals surface area contributed by atoms with Gasteiger partial charge in [-0.05, 0) is 89.9 Å². The van der Waals surface area contributed by atoms with Gasteiger partial charge in [-0.3, -0.25) is 14.4 Å². The lowest BCUT2D eigenvalue weighted by Gasteiger charge is -2.18. The highest BCUT2D eigenvalue weighted by atomic mass is 16.6. The molecule has 0 N–H and O–H groups in total. The predicted octanol–water partition coefficient (Wildman–Crippen LogP) is 18.2. The summed E-state index contributed by atoms with van der Waals surface area (Å²) >= 11 is 0. The Hall–Kier alpha value is -3.15. The fourth-order valence-electron chi connectivity index (χ4n) is 7.58. The molecule has 1 unspecified atom stereocenters. The lowest BCUT2D eigenvalue weighted by molar-refractivity contribution is -0.167. The molecule has 0 fully saturated rings. The zero-order valence-electron chi connectivity index (χ0n) is 42.7. The van der Waals surface area contributed by atoms with Crippen LogP contribution in [0.2, 0.25) is 0 Å². The highest BCUT2D eigenvalue weighted by molar-refractivity contribution is 5.71. The predicted molar refractivity (Wildman–Crippen MR) is 279 cm³/mol. The normalized spacial score (nSPS) is 12.6. The van der Waals surface area contributed by atoms with Crippen molar-refractivity contribution in [2.45, 2.75) is 271 Å². The van der Waals surface area contributed by atoms with Gasteiger partial charge in [-0.25, -0.2) is 0 Å². The molecule has 374 valence electrons. The first-order chi connectivity index (χ1) is 32.0. The summed E-state index contributed by atoms with van der Waals surface area (Å²) in [6.45, 7) is 6.45. The van der Waals surface area contributed by atoms with Crippen LogP contribution < -0.4 is 0 Å². The quantitative estimate of drug-likeness (QED) is 0.0262. The molecule has 0 aliphatic carbocycles. The van der Waals surface area contributed by atoms with Crippen LogP contribution in [-0.2, 0) is 28.6 Å². The molecule has 0 amide bonds. The number of hydrogen-bond acceptors (Lipinski definition) is 6. The molecular weight excluding hydrogens is 805 g/mol. The summed E-state index contributed by atoms with van der Waals surface area (Å²) < 4.78 is 16.7. The van der Waals surface area contributed by atoms with E-state index in [0.29, 0.717) is 19.3 Å². The Labute approximate surface area is 402 Å². The van der Waals surface area contributed by atoms with E-state index in [2.05, 4.69) is 93.7 Å². The molecule has 0 aromatic heterocycles. The van der Waals surface area contributed by atoms with Crippen LogP contribution in [-0.4, -0.2) is 37.2 Å². The number of allylic oxidation sites excluding steroid dienone is 12. The van der Waals surface area contributed by atoms with Crippen LogP contribution >= 0.6 is 0 Å². The SMILES string of the molecule is CC/C=C\C/C=C\C/C=C\C/C=C\CCCCCCCCCCCCCCC(=O)OCC(COC(=O)CCCCCCCCC)OC(=O)CCCCCCC/C=C\C/C=C\CCCCC. The monoisotopic (exact) mass is 907 g/mol. The maximum absolute atomic E-state index is 12.8. The molecule has 0 aromatic carbocycles. The van der Waals surface area contributed by atoms with Gasteiger partial charge in [0.1, 0.15) is 13.2 Å². The third-order valence-corrected chi connectivity index (χ3v) is 11.7. The van der Waals surface area contributed by atoms with Gasteiger partial charge in [-0.1, -0.05) is 229 Å². The fourth-order valence-corrected chi connectivity index (χ4v) is 7.58. The molecule has 0 saturated carbocycles. The highest BCUT2D eigenvalue weighted by Gasteiger charge is 2.19. The van der Waals surface area contributed by atoms with Gasteiger partial charge < -0.3 is 14.2 Å². The zero-order chi connectivity index (χ0) is 47.2. The lowest BCUT2D eigenvalue weighted by atomic mass is 10.0. The maximum Gasteiger partial charge on any atom is 0.306 e. The van der Waals surface area contributed by atoms with Crippen molar-refractivity contribution in [1.82, 2.24) is 0 Å². The van der Waals surface area contributed by atoms with Crippen LogP contribution in [0.1, 0.15) is 265 Å². The summed E-state index contributed by atoms with van der Waals surface area (Å²) in [6.07, 6.45) is 67.7. The Bertz CT molecular complexity index is 1230. The average Bonchev–Trinajstić information content (AvgIpc) is 3.30. The van der Waals surface area contributed by atoms with Gasteiger partial charge in [0.2, 0.25) is 0 Å². The van der Waals surface area contributed by atoms with Crippen molar-refractivity contribution in [2.24, 2.45) is 0 Å². The van der Waals surface area contributed by atoms with E-state index in [1.54, 1.807) is 0 Å². The standard InChI is InChI=1S/C59H102O6/c1-4-7-10-13-16-18-20-22-24-25-26-27-28-29-30-31-32-33-35-36-38-40-43-46-49-52-58(61)64-55-56(54-63-57(60)51-48-45-42-15-12-9-6-3)65-59(62)53-50-47-44-41-39-37-34-23-21-19-17-14-11-8-5-2/h7,10,16-19,22-24,26-27,34,56H,4-6,8-9,11-15,20-21,25,28-33,35-55H2,1-3H3/b10-7-,18-16-,19-17-,24-22-,27-26-,34-23-. The second-order valence-corrected chi connectivity index (χ2v) is 18.1. The first-order valence-electron chi connectivity index (χ1n) is 27.4. The molecule has 0 bridgehead atoms. The van der Waals surface area contributed by atoms with Gasteiger partial charge in [0.15, 0.2) is 6.10 Å². The minimum absolute atomic E-state index is 0.0802. The van der Waals surface area contributed by atoms with Crippen molar-refractivity contribution < 1.29 is 28.6 Å². The van der Waals surface area contributed by atoms with Gasteiger partial charge >= 0.3 is 17.9 Å². The minimum atomic E-state index is -0.779. The van der Waals surface area contributed by atoms with Crippen LogP contribution in [0.4, 0.5) is 0 Å². The Morgan fingerprint density at radius 1 is 0.323 bits per heavy atom. The largest absolute Gasteiger partial charge is 0.462 e. The van der Waals surface area contributed by atoms with E-state index in [1.165, 1.54) is 116 Å². The molecular formula is C59H102O6. The van der Waals surface area contributed by atoms with Gasteiger partial charge in [0, 0.05) is 19.3 Å². The molecule has 0 aromatic rings. The number of carbonyl (C=O) groups is 3. The Morgan fingerprint density at radius 2 is 0.600 bits per heavy atom. The first-order valence-corrected chi connectivity index (χ1v) is 27.4. The summed E-state index contributed by atoms with van der Waals surface area (Å²) in [7, 11) is 0. The third-order valence-electron chi connectivity index (χ3n) is 11.7. The van der Waals surface area contributed by atoms with Crippen molar-refractivity contribution in [3.63, 3.8) is 0 Å². The Morgan fingerprint density at radius 3 is 0.969 bits per heavy atom. The van der Waals surface area contributed by atoms with Crippen molar-refractivity contribution in [1.29, 1.82) is 0 Å². The van der Waals surface area contributed by atoms with Crippen molar-refractivity contribution >= 4 is 17.9 Å². The zero-order valence-corrected chi connectivity index (χ0v) is 42.7. The lowest BCUT2D eigenvalue weighted by Crippen LogP contribution is -2.30. The second kappa shape index (κ2) is 53.5. The topological polar surface area (TPSA) is 78.9 Å². The Balaban J connectivity index is 4.17. The average molecular weight is 907 g/mol. The smallest absolute Gasteiger partial charge is 0.306 e. The summed E-state index contributed by atoms with van der Waals surface area (Å²) in [5, 5.41) is 0. The van der Waals surface area contributed by atoms with Crippen LogP contribution in [0.3, 0.4) is 0 Å². The molecule has 0 rings (SSSR count). The molecule has 0 saturated heterocycles. The summed E-state index contributed by atoms with van der Waals surface area (Å²) in [6, 6.07) is 0. The van der Waals surface area contributed by atoms with Crippen LogP contribution in [0.15, 0.2) is 72.9 Å². The number of hydrogen-bond donors (Lipinski definition) is 0. The van der Waals surface area contributed by atoms with E-state index >= 15 is 0 Å². The molecule has 0 spiro atoms. The van der Waals surface area contributed by atoms with Gasteiger partial charge in [0.25, 0.3) is 0 Å². The van der Waals surface area contributed by atoms with Crippen LogP contribution in [0.25, 0.3) is 0 Å². The molecule has 0 aliphatic heterocycles. The highest BCUT2D eigenvalue weighted by Crippen LogP contribution is 2.15. The van der Waals surface area contributed by atoms with Crippen molar-refractivity contribution in [2.75, 3.05) is 13.2 Å². The number of carbonyl (C=O) groups excluding carboxylic acids is 3. The molecule has 0 radical (unpaired) electrons. The molecule has 6 nitrogen and oxygen atoms in total. The first kappa shape index (κ1) is 61.9. The number of esters is 3. The van der Waals surface area contributed by atoms with Crippen molar-refractivity contribution in [3.05, 3.63) is 72.9 Å². The van der Waals surface area contributed by atoms with Gasteiger partial charge in [-0.15, -0.1) is 0 Å². The van der Waals surface area contributed by atoms with Crippen molar-refractivity contribution in [3.8, 4) is 0 Å². The van der Waals surface area contributed by atoms with Gasteiger partial charge in [0.05, 0.1) is 0 Å². The summed E-state index contributed by atoms with van der Waals surface area (Å²) in [4.78, 5) is 37.9. The molecule has 65 heavy (non-hydrogen) atoms. The van der Waals surface area contributed by atoms with Crippen LogP contribution in [0.5, 0.6) is 0 Å². The summed E-state index contributed by atoms with van der Waals surface area (Å²) in [5.41, 5.74) is 0. The second-order valence-electron chi connectivity index (χ2n) is 18.1. The van der Waals surface area contributed by atoms with Crippen LogP contribution in [0, 0.1) is 0 Å². The molecule has 6 heteroatoms. The third kappa shape index (κ3) is 51.7. The molecule has 0 aliphatic rings. The minimum Gasteiger partial charge on any atom is -0.462 e. The van der Waals surface area contributed by atoms with E-state index in [9.17, 15) is 14.4 Å². The molecule has 1 atom stereocenters. The number of rotatable bonds is 49. The maximum atomic E-state index is 12.8. The van der Waals surface area contributed by atoms with E-state index in [0.717, 1.165) is 109 Å². The van der Waals surface area contributed by atoms with E-state index < -0.39 is 6.10 Å². The fraction of sp³-hybridized carbons (Fsp3) is 0.746. The van der Waals surface area contributed by atoms with Gasteiger partial charge in [-0.2, -0.15) is 0 Å². The summed E-state index contributed by atoms with van der Waals surface area (Å²) in [5.74, 6) is -0.898. The van der Waals surface area contributed by atoms with E-state index in [1.807, 2.05) is 0 Å². The Kier molecular flexibility index (Phi) is 50.9. The van der Waals surface area contributed by atoms with E-state index in [-0.39, 0.29) is 31.1 Å². The van der Waals surface area contributed by atoms with E-state index in [4.69, 9.17) is 14.2 Å². The molecule has 0 heterocycles.